The Kier molecular flexibility index (Phi) is 3.47. The Morgan fingerprint density at radius 3 is 2.53 bits per heavy atom. The molecule has 1 aromatic heterocycles. The molecule has 19 heavy (non-hydrogen) atoms. The van der Waals surface area contributed by atoms with Crippen molar-refractivity contribution in [1.29, 1.82) is 0 Å². The van der Waals surface area contributed by atoms with Crippen LogP contribution in [-0.4, -0.2) is 4.98 Å². The summed E-state index contributed by atoms with van der Waals surface area (Å²) in [6, 6.07) is 18.0. The van der Waals surface area contributed by atoms with Gasteiger partial charge < -0.3 is 4.74 Å². The van der Waals surface area contributed by atoms with Gasteiger partial charge >= 0.3 is 0 Å². The number of halogens is 1. The molecule has 0 atom stereocenters. The largest absolute Gasteiger partial charge is 0.456 e. The Bertz CT molecular complexity index is 694. The molecule has 0 bridgehead atoms. The molecule has 3 rings (SSSR count). The summed E-state index contributed by atoms with van der Waals surface area (Å²) in [5.41, 5.74) is 2.20. The maximum atomic E-state index is 5.81. The van der Waals surface area contributed by atoms with Crippen molar-refractivity contribution in [2.75, 3.05) is 0 Å². The van der Waals surface area contributed by atoms with Crippen LogP contribution in [0.4, 0.5) is 0 Å². The Morgan fingerprint density at radius 2 is 1.74 bits per heavy atom. The Balaban J connectivity index is 1.87. The highest BCUT2D eigenvalue weighted by atomic mass is 79.9. The topological polar surface area (TPSA) is 22.1 Å². The van der Waals surface area contributed by atoms with Gasteiger partial charge in [0.2, 0.25) is 0 Å². The first-order chi connectivity index (χ1) is 9.35. The van der Waals surface area contributed by atoms with Crippen LogP contribution >= 0.6 is 15.9 Å². The number of benzene rings is 2. The fourth-order valence-corrected chi connectivity index (χ4v) is 2.26. The summed E-state index contributed by atoms with van der Waals surface area (Å²) < 4.78 is 5.81. The molecule has 2 aromatic carbocycles. The second-order valence-corrected chi connectivity index (χ2v) is 4.80. The first kappa shape index (κ1) is 12.2. The Hall–Kier alpha value is -1.87. The molecule has 0 saturated heterocycles. The summed E-state index contributed by atoms with van der Waals surface area (Å²) in [5.74, 6) is 1.58. The van der Waals surface area contributed by atoms with E-state index in [1.807, 2.05) is 54.6 Å². The monoisotopic (exact) mass is 313 g/mol. The highest BCUT2D eigenvalue weighted by molar-refractivity contribution is 9.08. The number of rotatable bonds is 3. The van der Waals surface area contributed by atoms with Crippen LogP contribution < -0.4 is 4.74 Å². The van der Waals surface area contributed by atoms with E-state index >= 15 is 0 Å². The predicted octanol–water partition coefficient (Wildman–Crippen LogP) is 4.92. The third-order valence-electron chi connectivity index (χ3n) is 2.88. The zero-order valence-corrected chi connectivity index (χ0v) is 11.8. The SMILES string of the molecule is BrCc1ccc(Oc2cnc3ccccc3c2)cc1. The van der Waals surface area contributed by atoms with Gasteiger partial charge in [-0.25, -0.2) is 0 Å². The predicted molar refractivity (Wildman–Crippen MR) is 80.9 cm³/mol. The van der Waals surface area contributed by atoms with Crippen molar-refractivity contribution < 1.29 is 4.74 Å². The molecule has 0 saturated carbocycles. The lowest BCUT2D eigenvalue weighted by Gasteiger charge is -2.06. The molecule has 0 fully saturated rings. The minimum Gasteiger partial charge on any atom is -0.456 e. The van der Waals surface area contributed by atoms with Crippen LogP contribution in [0.3, 0.4) is 0 Å². The molecule has 0 amide bonds. The third-order valence-corrected chi connectivity index (χ3v) is 3.53. The van der Waals surface area contributed by atoms with Crippen LogP contribution in [0.5, 0.6) is 11.5 Å². The minimum atomic E-state index is 0.755. The summed E-state index contributed by atoms with van der Waals surface area (Å²) in [4.78, 5) is 4.38. The number of ether oxygens (including phenoxy) is 1. The minimum absolute atomic E-state index is 0.755. The quantitative estimate of drug-likeness (QED) is 0.640. The number of hydrogen-bond donors (Lipinski definition) is 0. The highest BCUT2D eigenvalue weighted by Crippen LogP contribution is 2.24. The third kappa shape index (κ3) is 2.76. The first-order valence-electron chi connectivity index (χ1n) is 6.03. The number of aromatic nitrogens is 1. The van der Waals surface area contributed by atoms with E-state index in [9.17, 15) is 0 Å². The van der Waals surface area contributed by atoms with E-state index < -0.39 is 0 Å². The summed E-state index contributed by atoms with van der Waals surface area (Å²) in [7, 11) is 0. The standard InChI is InChI=1S/C16H12BrNO/c17-10-12-5-7-14(8-6-12)19-15-9-13-3-1-2-4-16(13)18-11-15/h1-9,11H,10H2. The fourth-order valence-electron chi connectivity index (χ4n) is 1.89. The summed E-state index contributed by atoms with van der Waals surface area (Å²) >= 11 is 3.43. The number of alkyl halides is 1. The van der Waals surface area contributed by atoms with Crippen LogP contribution in [0.25, 0.3) is 10.9 Å². The zero-order chi connectivity index (χ0) is 13.1. The van der Waals surface area contributed by atoms with E-state index in [0.717, 1.165) is 27.7 Å². The molecule has 0 unspecified atom stereocenters. The van der Waals surface area contributed by atoms with Gasteiger partial charge in [0, 0.05) is 10.7 Å². The molecule has 0 aliphatic rings. The van der Waals surface area contributed by atoms with Gasteiger partial charge in [-0.2, -0.15) is 0 Å². The lowest BCUT2D eigenvalue weighted by molar-refractivity contribution is 0.481. The molecular formula is C16H12BrNO. The molecule has 0 radical (unpaired) electrons. The fraction of sp³-hybridized carbons (Fsp3) is 0.0625. The van der Waals surface area contributed by atoms with Gasteiger partial charge in [-0.05, 0) is 29.8 Å². The molecule has 94 valence electrons. The molecule has 0 N–H and O–H groups in total. The van der Waals surface area contributed by atoms with E-state index in [-0.39, 0.29) is 0 Å². The van der Waals surface area contributed by atoms with Crippen LogP contribution in [0.1, 0.15) is 5.56 Å². The van der Waals surface area contributed by atoms with Gasteiger partial charge in [-0.3, -0.25) is 4.98 Å². The van der Waals surface area contributed by atoms with E-state index in [1.165, 1.54) is 5.56 Å². The first-order valence-corrected chi connectivity index (χ1v) is 7.15. The lowest BCUT2D eigenvalue weighted by atomic mass is 10.2. The number of nitrogens with zero attached hydrogens (tertiary/aromatic N) is 1. The summed E-state index contributed by atoms with van der Waals surface area (Å²) in [5, 5.41) is 1.93. The molecule has 1 heterocycles. The van der Waals surface area contributed by atoms with Crippen molar-refractivity contribution >= 4 is 26.8 Å². The average molecular weight is 314 g/mol. The Labute approximate surface area is 120 Å². The molecule has 2 nitrogen and oxygen atoms in total. The maximum absolute atomic E-state index is 5.81. The number of pyridine rings is 1. The molecule has 3 heteroatoms. The van der Waals surface area contributed by atoms with E-state index in [2.05, 4.69) is 20.9 Å². The molecular weight excluding hydrogens is 302 g/mol. The smallest absolute Gasteiger partial charge is 0.146 e. The molecule has 0 aliphatic heterocycles. The van der Waals surface area contributed by atoms with Crippen LogP contribution in [0.15, 0.2) is 60.8 Å². The summed E-state index contributed by atoms with van der Waals surface area (Å²) in [6.45, 7) is 0. The average Bonchev–Trinajstić information content (AvgIpc) is 2.48. The van der Waals surface area contributed by atoms with E-state index in [4.69, 9.17) is 4.74 Å². The lowest BCUT2D eigenvalue weighted by Crippen LogP contribution is -1.87. The van der Waals surface area contributed by atoms with Crippen molar-refractivity contribution in [2.45, 2.75) is 5.33 Å². The van der Waals surface area contributed by atoms with Gasteiger partial charge in [0.05, 0.1) is 11.7 Å². The van der Waals surface area contributed by atoms with Crippen LogP contribution in [0.2, 0.25) is 0 Å². The van der Waals surface area contributed by atoms with Crippen molar-refractivity contribution in [3.8, 4) is 11.5 Å². The number of para-hydroxylation sites is 1. The van der Waals surface area contributed by atoms with Gasteiger partial charge in [0.15, 0.2) is 0 Å². The van der Waals surface area contributed by atoms with Crippen molar-refractivity contribution in [3.05, 3.63) is 66.4 Å². The van der Waals surface area contributed by atoms with Gasteiger partial charge in [-0.1, -0.05) is 46.3 Å². The zero-order valence-electron chi connectivity index (χ0n) is 10.2. The van der Waals surface area contributed by atoms with Gasteiger partial charge in [0.25, 0.3) is 0 Å². The normalized spacial score (nSPS) is 10.6. The number of fused-ring (bicyclic) bond motifs is 1. The Morgan fingerprint density at radius 1 is 0.947 bits per heavy atom. The van der Waals surface area contributed by atoms with Gasteiger partial charge in [0.1, 0.15) is 11.5 Å². The maximum Gasteiger partial charge on any atom is 0.146 e. The van der Waals surface area contributed by atoms with Crippen molar-refractivity contribution in [2.24, 2.45) is 0 Å². The van der Waals surface area contributed by atoms with E-state index in [1.54, 1.807) is 6.20 Å². The molecule has 0 spiro atoms. The molecule has 0 aliphatic carbocycles. The molecule has 3 aromatic rings. The highest BCUT2D eigenvalue weighted by Gasteiger charge is 2.00. The second-order valence-electron chi connectivity index (χ2n) is 4.24. The van der Waals surface area contributed by atoms with Crippen molar-refractivity contribution in [3.63, 3.8) is 0 Å². The van der Waals surface area contributed by atoms with Crippen LogP contribution in [0, 0.1) is 0 Å². The number of hydrogen-bond acceptors (Lipinski definition) is 2. The van der Waals surface area contributed by atoms with Gasteiger partial charge in [-0.15, -0.1) is 0 Å². The second kappa shape index (κ2) is 5.41. The van der Waals surface area contributed by atoms with E-state index in [0.29, 0.717) is 0 Å². The van der Waals surface area contributed by atoms with Crippen molar-refractivity contribution in [1.82, 2.24) is 4.98 Å². The van der Waals surface area contributed by atoms with Crippen LogP contribution in [-0.2, 0) is 5.33 Å². The summed E-state index contributed by atoms with van der Waals surface area (Å²) in [6.07, 6.45) is 1.75.